The maximum absolute atomic E-state index is 12.0. The topological polar surface area (TPSA) is 41.6 Å². The largest absolute Gasteiger partial charge is 0.496 e. The Morgan fingerprint density at radius 3 is 2.41 bits per heavy atom. The maximum atomic E-state index is 12.0. The van der Waals surface area contributed by atoms with E-state index in [1.807, 2.05) is 12.1 Å². The number of benzene rings is 2. The minimum atomic E-state index is -0.167. The van der Waals surface area contributed by atoms with Gasteiger partial charge in [0.25, 0.3) is 5.91 Å². The summed E-state index contributed by atoms with van der Waals surface area (Å²) in [6, 6.07) is 12.9. The monoisotopic (exact) mass is 452 g/mol. The smallest absolute Gasteiger partial charge is 0.252 e. The number of piperidine rings is 1. The van der Waals surface area contributed by atoms with Crippen LogP contribution in [0.15, 0.2) is 36.4 Å². The van der Waals surface area contributed by atoms with Crippen molar-refractivity contribution in [1.82, 2.24) is 10.2 Å². The molecule has 2 aliphatic carbocycles. The van der Waals surface area contributed by atoms with Gasteiger partial charge in [-0.1, -0.05) is 30.2 Å². The predicted molar refractivity (Wildman–Crippen MR) is 130 cm³/mol. The van der Waals surface area contributed by atoms with Crippen LogP contribution in [0.25, 0.3) is 11.1 Å². The highest BCUT2D eigenvalue weighted by atomic mass is 35.5. The number of carbonyl (C=O) groups is 1. The molecule has 5 rings (SSSR count). The summed E-state index contributed by atoms with van der Waals surface area (Å²) in [5.41, 5.74) is 3.93. The van der Waals surface area contributed by atoms with E-state index in [-0.39, 0.29) is 5.91 Å². The molecule has 3 aliphatic rings. The molecular weight excluding hydrogens is 420 g/mol. The summed E-state index contributed by atoms with van der Waals surface area (Å²) in [5.74, 6) is 3.28. The molecule has 32 heavy (non-hydrogen) atoms. The van der Waals surface area contributed by atoms with E-state index in [1.54, 1.807) is 20.2 Å². The second-order valence-corrected chi connectivity index (χ2v) is 10.2. The molecule has 0 spiro atoms. The first kappa shape index (κ1) is 21.8. The van der Waals surface area contributed by atoms with E-state index in [2.05, 4.69) is 28.4 Å². The first-order valence-corrected chi connectivity index (χ1v) is 12.4. The van der Waals surface area contributed by atoms with E-state index < -0.39 is 0 Å². The zero-order chi connectivity index (χ0) is 22.2. The molecular formula is C27H33ClN2O2. The molecule has 1 unspecified atom stereocenters. The van der Waals surface area contributed by atoms with Crippen molar-refractivity contribution < 1.29 is 9.53 Å². The summed E-state index contributed by atoms with van der Waals surface area (Å²) in [6.45, 7) is 2.39. The van der Waals surface area contributed by atoms with Crippen molar-refractivity contribution >= 4 is 17.5 Å². The molecule has 4 nitrogen and oxygen atoms in total. The van der Waals surface area contributed by atoms with Crippen LogP contribution in [-0.2, 0) is 0 Å². The molecule has 1 aliphatic heterocycles. The second-order valence-electron chi connectivity index (χ2n) is 9.78. The summed E-state index contributed by atoms with van der Waals surface area (Å²) >= 11 is 6.41. The first-order valence-electron chi connectivity index (χ1n) is 12.0. The summed E-state index contributed by atoms with van der Waals surface area (Å²) in [5, 5.41) is 3.11. The molecule has 5 heteroatoms. The number of nitrogens with zero attached hydrogens (tertiary/aromatic N) is 1. The van der Waals surface area contributed by atoms with Crippen LogP contribution < -0.4 is 10.1 Å². The third-order valence-electron chi connectivity index (χ3n) is 8.14. The van der Waals surface area contributed by atoms with Crippen LogP contribution in [0.1, 0.15) is 60.4 Å². The number of amides is 1. The molecule has 170 valence electrons. The first-order chi connectivity index (χ1) is 15.6. The second kappa shape index (κ2) is 9.07. The molecule has 1 saturated heterocycles. The molecule has 2 bridgehead atoms. The Hall–Kier alpha value is -2.04. The van der Waals surface area contributed by atoms with Gasteiger partial charge in [-0.25, -0.2) is 0 Å². The lowest BCUT2D eigenvalue weighted by molar-refractivity contribution is 0.0963. The van der Waals surface area contributed by atoms with Gasteiger partial charge in [-0.2, -0.15) is 0 Å². The minimum absolute atomic E-state index is 0.167. The van der Waals surface area contributed by atoms with Gasteiger partial charge < -0.3 is 15.0 Å². The molecule has 0 radical (unpaired) electrons. The summed E-state index contributed by atoms with van der Waals surface area (Å²) < 4.78 is 5.75. The van der Waals surface area contributed by atoms with Crippen LogP contribution in [-0.4, -0.2) is 44.1 Å². The predicted octanol–water partition coefficient (Wildman–Crippen LogP) is 5.74. The molecule has 3 fully saturated rings. The highest BCUT2D eigenvalue weighted by Crippen LogP contribution is 2.48. The number of ether oxygens (including phenoxy) is 1. The fourth-order valence-electron chi connectivity index (χ4n) is 6.45. The Bertz CT molecular complexity index is 999. The normalized spacial score (nSPS) is 25.8. The zero-order valence-corrected chi connectivity index (χ0v) is 19.8. The van der Waals surface area contributed by atoms with E-state index in [9.17, 15) is 4.79 Å². The van der Waals surface area contributed by atoms with E-state index in [4.69, 9.17) is 16.3 Å². The Balaban J connectivity index is 1.34. The third-order valence-corrected chi connectivity index (χ3v) is 8.46. The lowest BCUT2D eigenvalue weighted by Crippen LogP contribution is -2.43. The SMILES string of the molecule is CNC(=O)c1ccc(-c2ccc(OC)c(C3CCN(C4C[C@H]5CC[C@H]4C5)CC3)c2)cc1Cl. The number of likely N-dealkylation sites (tertiary alicyclic amines) is 1. The van der Waals surface area contributed by atoms with Crippen molar-refractivity contribution in [2.75, 3.05) is 27.2 Å². The van der Waals surface area contributed by atoms with Crippen LogP contribution in [0.3, 0.4) is 0 Å². The molecule has 1 heterocycles. The number of rotatable bonds is 5. The molecule has 0 aromatic heterocycles. The Morgan fingerprint density at radius 1 is 1.03 bits per heavy atom. The number of carbonyl (C=O) groups excluding carboxylic acids is 1. The summed E-state index contributed by atoms with van der Waals surface area (Å²) in [4.78, 5) is 14.8. The van der Waals surface area contributed by atoms with Crippen molar-refractivity contribution in [1.29, 1.82) is 0 Å². The molecule has 1 N–H and O–H groups in total. The van der Waals surface area contributed by atoms with Gasteiger partial charge in [-0.15, -0.1) is 0 Å². The van der Waals surface area contributed by atoms with E-state index >= 15 is 0 Å². The minimum Gasteiger partial charge on any atom is -0.496 e. The van der Waals surface area contributed by atoms with Gasteiger partial charge in [-0.05, 0) is 104 Å². The summed E-state index contributed by atoms with van der Waals surface area (Å²) in [6.07, 6.45) is 8.19. The van der Waals surface area contributed by atoms with Crippen molar-refractivity contribution in [3.8, 4) is 16.9 Å². The van der Waals surface area contributed by atoms with Crippen LogP contribution in [0.2, 0.25) is 5.02 Å². The van der Waals surface area contributed by atoms with Crippen LogP contribution in [0.4, 0.5) is 0 Å². The Kier molecular flexibility index (Phi) is 6.18. The molecule has 1 amide bonds. The molecule has 2 aromatic carbocycles. The number of methoxy groups -OCH3 is 1. The highest BCUT2D eigenvalue weighted by Gasteiger charge is 2.43. The number of halogens is 1. The number of fused-ring (bicyclic) bond motifs is 2. The number of nitrogens with one attached hydrogen (secondary N) is 1. The van der Waals surface area contributed by atoms with Crippen molar-refractivity contribution in [3.05, 3.63) is 52.5 Å². The van der Waals surface area contributed by atoms with Gasteiger partial charge in [0.05, 0.1) is 17.7 Å². The van der Waals surface area contributed by atoms with Gasteiger partial charge in [-0.3, -0.25) is 4.79 Å². The van der Waals surface area contributed by atoms with Gasteiger partial charge in [0.1, 0.15) is 5.75 Å². The average molecular weight is 453 g/mol. The van der Waals surface area contributed by atoms with Crippen molar-refractivity contribution in [3.63, 3.8) is 0 Å². The standard InChI is InChI=1S/C27H33ClN2O2/c1-29-27(31)22-7-5-20(16-24(22)28)19-6-8-26(32-2)23(15-19)18-9-11-30(12-10-18)25-14-17-3-4-21(25)13-17/h5-8,15-18,21,25H,3-4,9-14H2,1-2H3,(H,29,31)/t17-,21-,25?/m0/s1. The lowest BCUT2D eigenvalue weighted by Gasteiger charge is -2.40. The zero-order valence-electron chi connectivity index (χ0n) is 19.1. The lowest BCUT2D eigenvalue weighted by atomic mass is 9.85. The van der Waals surface area contributed by atoms with Gasteiger partial charge in [0.15, 0.2) is 0 Å². The fourth-order valence-corrected chi connectivity index (χ4v) is 6.71. The Labute approximate surface area is 196 Å². The number of hydrogen-bond donors (Lipinski definition) is 1. The molecule has 2 aromatic rings. The van der Waals surface area contributed by atoms with Crippen LogP contribution in [0, 0.1) is 11.8 Å². The summed E-state index contributed by atoms with van der Waals surface area (Å²) in [7, 11) is 3.38. The van der Waals surface area contributed by atoms with Gasteiger partial charge in [0, 0.05) is 13.1 Å². The van der Waals surface area contributed by atoms with Crippen LogP contribution in [0.5, 0.6) is 5.75 Å². The van der Waals surface area contributed by atoms with Crippen LogP contribution >= 0.6 is 11.6 Å². The van der Waals surface area contributed by atoms with Gasteiger partial charge >= 0.3 is 0 Å². The highest BCUT2D eigenvalue weighted by molar-refractivity contribution is 6.34. The molecule has 3 atom stereocenters. The van der Waals surface area contributed by atoms with E-state index in [0.29, 0.717) is 16.5 Å². The van der Waals surface area contributed by atoms with Crippen molar-refractivity contribution in [2.24, 2.45) is 11.8 Å². The molecule has 2 saturated carbocycles. The van der Waals surface area contributed by atoms with E-state index in [0.717, 1.165) is 34.8 Å². The quantitative estimate of drug-likeness (QED) is 0.628. The van der Waals surface area contributed by atoms with Gasteiger partial charge in [0.2, 0.25) is 0 Å². The maximum Gasteiger partial charge on any atom is 0.252 e. The third kappa shape index (κ3) is 4.04. The average Bonchev–Trinajstić information content (AvgIpc) is 3.47. The fraction of sp³-hybridized carbons (Fsp3) is 0.519. The number of hydrogen-bond acceptors (Lipinski definition) is 3. The van der Waals surface area contributed by atoms with E-state index in [1.165, 1.54) is 57.2 Å². The Morgan fingerprint density at radius 2 is 1.78 bits per heavy atom. The van der Waals surface area contributed by atoms with Crippen molar-refractivity contribution in [2.45, 2.75) is 50.5 Å².